The monoisotopic (exact) mass is 550 g/mol. The minimum absolute atomic E-state index is 0.0143. The van der Waals surface area contributed by atoms with Crippen molar-refractivity contribution in [2.24, 2.45) is 0 Å². The molecule has 0 spiro atoms. The van der Waals surface area contributed by atoms with E-state index in [1.54, 1.807) is 6.07 Å². The van der Waals surface area contributed by atoms with Crippen molar-refractivity contribution in [1.82, 2.24) is 14.9 Å². The molecule has 3 aliphatic rings. The number of hydrogen-bond acceptors (Lipinski definition) is 9. The zero-order valence-electron chi connectivity index (χ0n) is 21.0. The van der Waals surface area contributed by atoms with Crippen molar-refractivity contribution in [3.8, 4) is 5.88 Å². The lowest BCUT2D eigenvalue weighted by molar-refractivity contribution is -0.111. The first-order chi connectivity index (χ1) is 18.1. The molecule has 2 aromatic rings. The molecule has 1 amide bonds. The zero-order chi connectivity index (χ0) is 27.0. The molecule has 10 nitrogen and oxygen atoms in total. The zero-order valence-corrected chi connectivity index (χ0v) is 21.8. The van der Waals surface area contributed by atoms with Gasteiger partial charge in [0, 0.05) is 31.4 Å². The van der Waals surface area contributed by atoms with E-state index in [1.807, 2.05) is 12.1 Å². The third kappa shape index (κ3) is 5.39. The number of carbonyl (C=O) groups excluding carboxylic acids is 1. The van der Waals surface area contributed by atoms with Gasteiger partial charge in [0.05, 0.1) is 24.2 Å². The molecule has 4 heterocycles. The van der Waals surface area contributed by atoms with Crippen LogP contribution in [0.5, 0.6) is 5.88 Å². The standard InChI is InChI=1S/C25H29ClF2N6O4/c1-4-20(35)31-17-9-15(5-6-18(17)34-8-7-33(3)14(2)11-34)30-24-29-10-16(26)23(32-24)38-19-12-36-22-21(19)37-13-25(22,27)28/h4-6,9-10,14,19,21-22H,1,7-8,11-13H2,2-3H3,(H,31,35)(H,29,30,32)/t14-,19-,21-,22+/m0/s1. The number of alkyl halides is 2. The lowest BCUT2D eigenvalue weighted by atomic mass is 10.1. The number of piperazine rings is 1. The van der Waals surface area contributed by atoms with Gasteiger partial charge in [-0.15, -0.1) is 0 Å². The van der Waals surface area contributed by atoms with Crippen LogP contribution in [0.15, 0.2) is 37.1 Å². The predicted octanol–water partition coefficient (Wildman–Crippen LogP) is 3.32. The molecular weight excluding hydrogens is 522 g/mol. The summed E-state index contributed by atoms with van der Waals surface area (Å²) in [5, 5.41) is 6.08. The van der Waals surface area contributed by atoms with Crippen LogP contribution in [-0.2, 0) is 14.3 Å². The third-order valence-corrected chi connectivity index (χ3v) is 7.22. The first-order valence-electron chi connectivity index (χ1n) is 12.2. The van der Waals surface area contributed by atoms with Crippen LogP contribution in [0.3, 0.4) is 0 Å². The number of hydrogen-bond donors (Lipinski definition) is 2. The summed E-state index contributed by atoms with van der Waals surface area (Å²) in [6.07, 6.45) is -0.516. The van der Waals surface area contributed by atoms with Gasteiger partial charge in [-0.3, -0.25) is 4.79 Å². The van der Waals surface area contributed by atoms with Crippen LogP contribution < -0.4 is 20.3 Å². The van der Waals surface area contributed by atoms with Crippen LogP contribution in [-0.4, -0.2) is 90.9 Å². The van der Waals surface area contributed by atoms with Crippen molar-refractivity contribution < 1.29 is 27.8 Å². The molecule has 4 atom stereocenters. The summed E-state index contributed by atoms with van der Waals surface area (Å²) in [6.45, 7) is 7.42. The fraction of sp³-hybridized carbons (Fsp3) is 0.480. The number of fused-ring (bicyclic) bond motifs is 1. The van der Waals surface area contributed by atoms with Crippen molar-refractivity contribution in [1.29, 1.82) is 0 Å². The average Bonchev–Trinajstić information content (AvgIpc) is 3.43. The number of halogens is 3. The minimum atomic E-state index is -3.07. The quantitative estimate of drug-likeness (QED) is 0.503. The molecule has 3 aliphatic heterocycles. The van der Waals surface area contributed by atoms with Crippen LogP contribution >= 0.6 is 11.6 Å². The van der Waals surface area contributed by atoms with Gasteiger partial charge >= 0.3 is 0 Å². The van der Waals surface area contributed by atoms with Gasteiger partial charge in [0.25, 0.3) is 5.92 Å². The molecule has 0 radical (unpaired) electrons. The lowest BCUT2D eigenvalue weighted by Crippen LogP contribution is -2.50. The van der Waals surface area contributed by atoms with Crippen molar-refractivity contribution in [2.75, 3.05) is 55.4 Å². The molecule has 1 aromatic heterocycles. The first-order valence-corrected chi connectivity index (χ1v) is 12.6. The summed E-state index contributed by atoms with van der Waals surface area (Å²) < 4.78 is 44.1. The third-order valence-electron chi connectivity index (χ3n) is 6.96. The van der Waals surface area contributed by atoms with Crippen molar-refractivity contribution in [3.05, 3.63) is 42.1 Å². The first kappa shape index (κ1) is 26.5. The Kier molecular flexibility index (Phi) is 7.40. The van der Waals surface area contributed by atoms with Gasteiger partial charge in [-0.25, -0.2) is 13.8 Å². The van der Waals surface area contributed by atoms with Gasteiger partial charge in [0.1, 0.15) is 17.7 Å². The second-order valence-electron chi connectivity index (χ2n) is 9.62. The number of rotatable bonds is 7. The van der Waals surface area contributed by atoms with Gasteiger partial charge in [0.2, 0.25) is 17.7 Å². The van der Waals surface area contributed by atoms with Crippen LogP contribution in [0.25, 0.3) is 0 Å². The van der Waals surface area contributed by atoms with Gasteiger partial charge in [0.15, 0.2) is 12.2 Å². The number of nitrogens with one attached hydrogen (secondary N) is 2. The highest BCUT2D eigenvalue weighted by molar-refractivity contribution is 6.31. The van der Waals surface area contributed by atoms with Crippen LogP contribution in [0.4, 0.5) is 31.8 Å². The summed E-state index contributed by atoms with van der Waals surface area (Å²) in [7, 11) is 2.09. The number of benzene rings is 1. The number of ether oxygens (including phenoxy) is 3. The molecule has 5 rings (SSSR count). The maximum absolute atomic E-state index is 13.9. The summed E-state index contributed by atoms with van der Waals surface area (Å²) in [5.41, 5.74) is 2.10. The Morgan fingerprint density at radius 2 is 2.16 bits per heavy atom. The molecule has 0 unspecified atom stereocenters. The molecule has 3 saturated heterocycles. The van der Waals surface area contributed by atoms with E-state index in [2.05, 4.69) is 51.0 Å². The molecular formula is C25H29ClF2N6O4. The number of amides is 1. The molecule has 204 valence electrons. The Hall–Kier alpha value is -3.06. The van der Waals surface area contributed by atoms with E-state index >= 15 is 0 Å². The fourth-order valence-corrected chi connectivity index (χ4v) is 4.87. The predicted molar refractivity (Wildman–Crippen MR) is 139 cm³/mol. The average molecular weight is 551 g/mol. The highest BCUT2D eigenvalue weighted by Crippen LogP contribution is 2.40. The number of aromatic nitrogens is 2. The topological polar surface area (TPSA) is 101 Å². The van der Waals surface area contributed by atoms with Crippen molar-refractivity contribution in [2.45, 2.75) is 37.2 Å². The van der Waals surface area contributed by atoms with E-state index < -0.39 is 30.8 Å². The van der Waals surface area contributed by atoms with Crippen molar-refractivity contribution in [3.63, 3.8) is 0 Å². The van der Waals surface area contributed by atoms with E-state index in [-0.39, 0.29) is 29.4 Å². The maximum Gasteiger partial charge on any atom is 0.299 e. The Balaban J connectivity index is 1.34. The van der Waals surface area contributed by atoms with E-state index in [9.17, 15) is 13.6 Å². The molecule has 0 bridgehead atoms. The molecule has 3 fully saturated rings. The highest BCUT2D eigenvalue weighted by Gasteiger charge is 2.59. The molecule has 13 heteroatoms. The maximum atomic E-state index is 13.9. The van der Waals surface area contributed by atoms with Crippen LogP contribution in [0.2, 0.25) is 5.02 Å². The Morgan fingerprint density at radius 3 is 2.92 bits per heavy atom. The summed E-state index contributed by atoms with van der Waals surface area (Å²) >= 11 is 6.23. The number of likely N-dealkylation sites (N-methyl/N-ethyl adjacent to an activating group) is 1. The highest BCUT2D eigenvalue weighted by atomic mass is 35.5. The van der Waals surface area contributed by atoms with Gasteiger partial charge < -0.3 is 34.6 Å². The van der Waals surface area contributed by atoms with Crippen LogP contribution in [0, 0.1) is 0 Å². The molecule has 0 aliphatic carbocycles. The fourth-order valence-electron chi connectivity index (χ4n) is 4.74. The molecule has 38 heavy (non-hydrogen) atoms. The number of carbonyl (C=O) groups is 1. The SMILES string of the molecule is C=CC(=O)Nc1cc(Nc2ncc(Cl)c(O[C@H]3CO[C@@H]4[C@H]3OCC4(F)F)n2)ccc1N1CCN(C)[C@@H](C)C1. The molecule has 2 N–H and O–H groups in total. The second-order valence-corrected chi connectivity index (χ2v) is 10.0. The van der Waals surface area contributed by atoms with Gasteiger partial charge in [-0.2, -0.15) is 4.98 Å². The second kappa shape index (κ2) is 10.6. The largest absolute Gasteiger partial charge is 0.468 e. The van der Waals surface area contributed by atoms with E-state index in [0.29, 0.717) is 17.4 Å². The normalized spacial score (nSPS) is 26.6. The molecule has 0 saturated carbocycles. The Labute approximate surface area is 223 Å². The number of nitrogens with zero attached hydrogens (tertiary/aromatic N) is 4. The molecule has 1 aromatic carbocycles. The van der Waals surface area contributed by atoms with E-state index in [4.69, 9.17) is 25.8 Å². The van der Waals surface area contributed by atoms with Gasteiger partial charge in [-0.1, -0.05) is 18.2 Å². The van der Waals surface area contributed by atoms with E-state index in [0.717, 1.165) is 25.3 Å². The summed E-state index contributed by atoms with van der Waals surface area (Å²) in [4.78, 5) is 25.2. The minimum Gasteiger partial charge on any atom is -0.468 e. The lowest BCUT2D eigenvalue weighted by Gasteiger charge is -2.39. The Bertz CT molecular complexity index is 1220. The van der Waals surface area contributed by atoms with Crippen LogP contribution in [0.1, 0.15) is 6.92 Å². The smallest absolute Gasteiger partial charge is 0.299 e. The summed E-state index contributed by atoms with van der Waals surface area (Å²) in [5.74, 6) is -3.22. The number of anilines is 4. The van der Waals surface area contributed by atoms with Gasteiger partial charge in [-0.05, 0) is 38.2 Å². The summed E-state index contributed by atoms with van der Waals surface area (Å²) in [6, 6.07) is 5.90. The van der Waals surface area contributed by atoms with Crippen molar-refractivity contribution >= 4 is 40.5 Å². The van der Waals surface area contributed by atoms with E-state index in [1.165, 1.54) is 12.3 Å². The Morgan fingerprint density at radius 1 is 1.34 bits per heavy atom.